The second-order valence-electron chi connectivity index (χ2n) is 5.76. The number of carbonyl (C=O) groups excluding carboxylic acids is 1. The van der Waals surface area contributed by atoms with Crippen LogP contribution < -0.4 is 5.32 Å². The Kier molecular flexibility index (Phi) is 4.57. The smallest absolute Gasteiger partial charge is 0.311 e. The molecule has 2 heterocycles. The number of hydrogen-bond acceptors (Lipinski definition) is 5. The van der Waals surface area contributed by atoms with Crippen LogP contribution in [0.3, 0.4) is 0 Å². The molecular weight excluding hydrogens is 312 g/mol. The molecule has 2 N–H and O–H groups in total. The number of carboxylic acid groups (broad SMARTS) is 1. The molecule has 0 radical (unpaired) electrons. The Morgan fingerprint density at radius 1 is 1.25 bits per heavy atom. The summed E-state index contributed by atoms with van der Waals surface area (Å²) < 4.78 is 6.71. The van der Waals surface area contributed by atoms with Crippen molar-refractivity contribution in [3.63, 3.8) is 0 Å². The van der Waals surface area contributed by atoms with Gasteiger partial charge in [0.05, 0.1) is 17.3 Å². The Bertz CT molecular complexity index is 723. The number of carboxylic acids is 1. The van der Waals surface area contributed by atoms with Gasteiger partial charge in [0.1, 0.15) is 0 Å². The zero-order valence-electron chi connectivity index (χ0n) is 13.0. The first-order valence-electron chi connectivity index (χ1n) is 7.68. The molecule has 126 valence electrons. The van der Waals surface area contributed by atoms with Crippen molar-refractivity contribution in [2.75, 3.05) is 19.8 Å². The summed E-state index contributed by atoms with van der Waals surface area (Å²) in [6.45, 7) is 0.807. The van der Waals surface area contributed by atoms with Crippen LogP contribution in [0.4, 0.5) is 0 Å². The fraction of sp³-hybridized carbons (Fsp3) is 0.375. The fourth-order valence-corrected chi connectivity index (χ4v) is 2.64. The summed E-state index contributed by atoms with van der Waals surface area (Å²) in [7, 11) is 0. The standard InChI is InChI=1S/C16H18N4O4/c21-14(17-11-16(15(22)23)6-8-24-9-7-16)13-10-20(19-18-13)12-4-2-1-3-5-12/h1-5,10H,6-9,11H2,(H,17,21)(H,22,23). The molecule has 1 amide bonds. The number of nitrogens with one attached hydrogen (secondary N) is 1. The van der Waals surface area contributed by atoms with Crippen molar-refractivity contribution in [3.8, 4) is 5.69 Å². The van der Waals surface area contributed by atoms with Crippen LogP contribution in [0, 0.1) is 5.41 Å². The Hall–Kier alpha value is -2.74. The lowest BCUT2D eigenvalue weighted by molar-refractivity contribution is -0.154. The van der Waals surface area contributed by atoms with Gasteiger partial charge in [0.15, 0.2) is 5.69 Å². The molecule has 1 fully saturated rings. The molecule has 0 atom stereocenters. The van der Waals surface area contributed by atoms with E-state index >= 15 is 0 Å². The van der Waals surface area contributed by atoms with E-state index in [1.54, 1.807) is 0 Å². The third-order valence-corrected chi connectivity index (χ3v) is 4.24. The van der Waals surface area contributed by atoms with Crippen molar-refractivity contribution in [2.45, 2.75) is 12.8 Å². The van der Waals surface area contributed by atoms with Gasteiger partial charge in [-0.15, -0.1) is 5.10 Å². The summed E-state index contributed by atoms with van der Waals surface area (Å²) in [5.41, 5.74) is -0.0505. The quantitative estimate of drug-likeness (QED) is 0.843. The van der Waals surface area contributed by atoms with Crippen LogP contribution in [0.2, 0.25) is 0 Å². The van der Waals surface area contributed by atoms with E-state index < -0.39 is 17.3 Å². The molecule has 2 aromatic rings. The predicted molar refractivity (Wildman–Crippen MR) is 83.8 cm³/mol. The predicted octanol–water partition coefficient (Wildman–Crippen LogP) is 0.878. The number of aliphatic carboxylic acids is 1. The molecule has 24 heavy (non-hydrogen) atoms. The zero-order chi connectivity index (χ0) is 17.0. The van der Waals surface area contributed by atoms with Crippen LogP contribution in [0.5, 0.6) is 0 Å². The first-order chi connectivity index (χ1) is 11.6. The lowest BCUT2D eigenvalue weighted by Crippen LogP contribution is -2.46. The number of hydrogen-bond donors (Lipinski definition) is 2. The largest absolute Gasteiger partial charge is 0.481 e. The average molecular weight is 330 g/mol. The maximum atomic E-state index is 12.2. The van der Waals surface area contributed by atoms with Crippen LogP contribution >= 0.6 is 0 Å². The molecule has 0 saturated carbocycles. The van der Waals surface area contributed by atoms with Gasteiger partial charge in [-0.25, -0.2) is 4.68 Å². The van der Waals surface area contributed by atoms with Crippen molar-refractivity contribution < 1.29 is 19.4 Å². The van der Waals surface area contributed by atoms with Gasteiger partial charge in [0.2, 0.25) is 0 Å². The molecule has 0 aliphatic carbocycles. The molecular formula is C16H18N4O4. The van der Waals surface area contributed by atoms with Crippen molar-refractivity contribution >= 4 is 11.9 Å². The van der Waals surface area contributed by atoms with E-state index in [2.05, 4.69) is 15.6 Å². The van der Waals surface area contributed by atoms with E-state index in [0.29, 0.717) is 26.1 Å². The van der Waals surface area contributed by atoms with E-state index in [1.807, 2.05) is 30.3 Å². The minimum atomic E-state index is -0.983. The molecule has 1 aliphatic rings. The summed E-state index contributed by atoms with van der Waals surface area (Å²) in [6.07, 6.45) is 2.26. The first-order valence-corrected chi connectivity index (χ1v) is 7.68. The topological polar surface area (TPSA) is 106 Å². The average Bonchev–Trinajstić information content (AvgIpc) is 3.11. The molecule has 1 aliphatic heterocycles. The van der Waals surface area contributed by atoms with Gasteiger partial charge in [-0.1, -0.05) is 23.4 Å². The van der Waals surface area contributed by atoms with E-state index in [4.69, 9.17) is 4.74 Å². The zero-order valence-corrected chi connectivity index (χ0v) is 13.0. The van der Waals surface area contributed by atoms with Gasteiger partial charge in [-0.2, -0.15) is 0 Å². The summed E-state index contributed by atoms with van der Waals surface area (Å²) in [5.74, 6) is -1.36. The summed E-state index contributed by atoms with van der Waals surface area (Å²) >= 11 is 0. The highest BCUT2D eigenvalue weighted by atomic mass is 16.5. The lowest BCUT2D eigenvalue weighted by atomic mass is 9.80. The normalized spacial score (nSPS) is 16.5. The van der Waals surface area contributed by atoms with E-state index in [1.165, 1.54) is 10.9 Å². The Labute approximate surface area is 138 Å². The number of benzene rings is 1. The first kappa shape index (κ1) is 16.1. The van der Waals surface area contributed by atoms with Crippen molar-refractivity contribution in [3.05, 3.63) is 42.2 Å². The molecule has 0 spiro atoms. The Morgan fingerprint density at radius 2 is 1.96 bits per heavy atom. The van der Waals surface area contributed by atoms with Gasteiger partial charge in [0.25, 0.3) is 5.91 Å². The molecule has 0 bridgehead atoms. The molecule has 0 unspecified atom stereocenters. The van der Waals surface area contributed by atoms with Gasteiger partial charge >= 0.3 is 5.97 Å². The number of ether oxygens (including phenoxy) is 1. The van der Waals surface area contributed by atoms with Crippen molar-refractivity contribution in [2.24, 2.45) is 5.41 Å². The molecule has 1 aromatic heterocycles. The third kappa shape index (κ3) is 3.28. The second-order valence-corrected chi connectivity index (χ2v) is 5.76. The minimum Gasteiger partial charge on any atom is -0.481 e. The highest BCUT2D eigenvalue weighted by molar-refractivity contribution is 5.92. The molecule has 8 nitrogen and oxygen atoms in total. The lowest BCUT2D eigenvalue weighted by Gasteiger charge is -2.32. The monoisotopic (exact) mass is 330 g/mol. The van der Waals surface area contributed by atoms with E-state index in [-0.39, 0.29) is 12.2 Å². The number of nitrogens with zero attached hydrogens (tertiary/aromatic N) is 3. The summed E-state index contributed by atoms with van der Waals surface area (Å²) in [4.78, 5) is 23.8. The second kappa shape index (κ2) is 6.79. The number of aromatic nitrogens is 3. The third-order valence-electron chi connectivity index (χ3n) is 4.24. The maximum Gasteiger partial charge on any atom is 0.311 e. The van der Waals surface area contributed by atoms with Gasteiger partial charge in [-0.05, 0) is 25.0 Å². The highest BCUT2D eigenvalue weighted by Gasteiger charge is 2.40. The molecule has 1 saturated heterocycles. The van der Waals surface area contributed by atoms with Gasteiger partial charge in [-0.3, -0.25) is 9.59 Å². The molecule has 8 heteroatoms. The molecule has 3 rings (SSSR count). The Morgan fingerprint density at radius 3 is 2.62 bits per heavy atom. The number of para-hydroxylation sites is 1. The van der Waals surface area contributed by atoms with Gasteiger partial charge < -0.3 is 15.2 Å². The van der Waals surface area contributed by atoms with Crippen molar-refractivity contribution in [1.29, 1.82) is 0 Å². The highest BCUT2D eigenvalue weighted by Crippen LogP contribution is 2.30. The molecule has 1 aromatic carbocycles. The fourth-order valence-electron chi connectivity index (χ4n) is 2.64. The summed E-state index contributed by atoms with van der Waals surface area (Å²) in [6, 6.07) is 9.29. The van der Waals surface area contributed by atoms with E-state index in [9.17, 15) is 14.7 Å². The van der Waals surface area contributed by atoms with Crippen LogP contribution in [-0.4, -0.2) is 51.7 Å². The van der Waals surface area contributed by atoms with Crippen LogP contribution in [-0.2, 0) is 9.53 Å². The summed E-state index contributed by atoms with van der Waals surface area (Å²) in [5, 5.41) is 19.9. The Balaban J connectivity index is 1.67. The number of amides is 1. The van der Waals surface area contributed by atoms with Crippen molar-refractivity contribution in [1.82, 2.24) is 20.3 Å². The van der Waals surface area contributed by atoms with Gasteiger partial charge in [0, 0.05) is 19.8 Å². The number of rotatable bonds is 5. The maximum absolute atomic E-state index is 12.2. The van der Waals surface area contributed by atoms with Crippen LogP contribution in [0.15, 0.2) is 36.5 Å². The number of carbonyl (C=O) groups is 2. The SMILES string of the molecule is O=C(NCC1(C(=O)O)CCOCC1)c1cn(-c2ccccc2)nn1. The van der Waals surface area contributed by atoms with Crippen LogP contribution in [0.25, 0.3) is 5.69 Å². The van der Waals surface area contributed by atoms with Crippen LogP contribution in [0.1, 0.15) is 23.3 Å². The van der Waals surface area contributed by atoms with E-state index in [0.717, 1.165) is 5.69 Å². The minimum absolute atomic E-state index is 0.0444.